The smallest absolute Gasteiger partial charge is 0.0827 e. The Morgan fingerprint density at radius 2 is 2.27 bits per heavy atom. The Morgan fingerprint density at radius 3 is 2.93 bits per heavy atom. The van der Waals surface area contributed by atoms with Crippen LogP contribution < -0.4 is 5.73 Å². The van der Waals surface area contributed by atoms with Crippen molar-refractivity contribution < 1.29 is 0 Å². The Labute approximate surface area is 91.9 Å². The fourth-order valence-corrected chi connectivity index (χ4v) is 1.54. The van der Waals surface area contributed by atoms with E-state index in [1.165, 1.54) is 0 Å². The molecule has 1 unspecified atom stereocenters. The molecule has 1 aromatic heterocycles. The summed E-state index contributed by atoms with van der Waals surface area (Å²) in [6.07, 6.45) is 7.40. The van der Waals surface area contributed by atoms with Gasteiger partial charge in [-0.2, -0.15) is 0 Å². The molecule has 0 bridgehead atoms. The van der Waals surface area contributed by atoms with E-state index in [2.05, 4.69) is 24.2 Å². The summed E-state index contributed by atoms with van der Waals surface area (Å²) >= 11 is 0. The summed E-state index contributed by atoms with van der Waals surface area (Å²) in [5.41, 5.74) is 6.94. The van der Waals surface area contributed by atoms with E-state index in [9.17, 15) is 0 Å². The normalized spacial score (nSPS) is 13.0. The third kappa shape index (κ3) is 4.42. The Morgan fingerprint density at radius 1 is 1.47 bits per heavy atom. The minimum atomic E-state index is 0.337. The van der Waals surface area contributed by atoms with Crippen LogP contribution in [0.4, 0.5) is 0 Å². The van der Waals surface area contributed by atoms with Gasteiger partial charge in [0.15, 0.2) is 0 Å². The van der Waals surface area contributed by atoms with Gasteiger partial charge in [-0.1, -0.05) is 25.5 Å². The summed E-state index contributed by atoms with van der Waals surface area (Å²) in [4.78, 5) is 0. The van der Waals surface area contributed by atoms with E-state index in [1.807, 2.05) is 10.9 Å². The lowest BCUT2D eigenvalue weighted by atomic mass is 10.1. The highest BCUT2D eigenvalue weighted by Crippen LogP contribution is 2.02. The molecule has 0 spiro atoms. The molecule has 0 saturated heterocycles. The van der Waals surface area contributed by atoms with E-state index in [4.69, 9.17) is 5.73 Å². The van der Waals surface area contributed by atoms with Crippen LogP contribution >= 0.6 is 0 Å². The predicted molar refractivity (Wildman–Crippen MR) is 61.5 cm³/mol. The van der Waals surface area contributed by atoms with Gasteiger partial charge in [0.25, 0.3) is 0 Å². The Bertz CT molecular complexity index is 269. The lowest BCUT2D eigenvalue weighted by molar-refractivity contribution is 0.493. The number of nitrogens with zero attached hydrogens (tertiary/aromatic N) is 3. The predicted octanol–water partition coefficient (Wildman–Crippen LogP) is 1.75. The van der Waals surface area contributed by atoms with Crippen molar-refractivity contribution in [1.29, 1.82) is 0 Å². The minimum Gasteiger partial charge on any atom is -0.328 e. The van der Waals surface area contributed by atoms with Gasteiger partial charge >= 0.3 is 0 Å². The van der Waals surface area contributed by atoms with Crippen molar-refractivity contribution in [3.8, 4) is 0 Å². The average Bonchev–Trinajstić information content (AvgIpc) is 2.66. The van der Waals surface area contributed by atoms with E-state index in [0.29, 0.717) is 6.04 Å². The van der Waals surface area contributed by atoms with Crippen molar-refractivity contribution in [2.75, 3.05) is 0 Å². The Kier molecular flexibility index (Phi) is 5.32. The molecule has 0 radical (unpaired) electrons. The zero-order valence-electron chi connectivity index (χ0n) is 9.82. The molecule has 4 heteroatoms. The molecule has 0 aliphatic heterocycles. The fraction of sp³-hybridized carbons (Fsp3) is 0.818. The van der Waals surface area contributed by atoms with Crippen molar-refractivity contribution >= 4 is 0 Å². The van der Waals surface area contributed by atoms with Gasteiger partial charge in [-0.3, -0.25) is 4.68 Å². The third-order valence-corrected chi connectivity index (χ3v) is 2.58. The van der Waals surface area contributed by atoms with Crippen LogP contribution in [0.15, 0.2) is 6.20 Å². The van der Waals surface area contributed by atoms with Gasteiger partial charge in [0, 0.05) is 18.8 Å². The quantitative estimate of drug-likeness (QED) is 0.746. The maximum absolute atomic E-state index is 5.84. The first-order chi connectivity index (χ1) is 7.26. The monoisotopic (exact) mass is 210 g/mol. The topological polar surface area (TPSA) is 56.7 Å². The van der Waals surface area contributed by atoms with E-state index in [-0.39, 0.29) is 0 Å². The van der Waals surface area contributed by atoms with Gasteiger partial charge in [0.1, 0.15) is 0 Å². The third-order valence-electron chi connectivity index (χ3n) is 2.58. The highest BCUT2D eigenvalue weighted by Gasteiger charge is 2.01. The van der Waals surface area contributed by atoms with E-state index in [0.717, 1.165) is 44.3 Å². The zero-order chi connectivity index (χ0) is 11.1. The Balaban J connectivity index is 2.25. The molecule has 0 aliphatic carbocycles. The summed E-state index contributed by atoms with van der Waals surface area (Å²) < 4.78 is 1.92. The highest BCUT2D eigenvalue weighted by atomic mass is 15.4. The van der Waals surface area contributed by atoms with Crippen LogP contribution in [0, 0.1) is 0 Å². The molecule has 0 amide bonds. The summed E-state index contributed by atoms with van der Waals surface area (Å²) in [5.74, 6) is 0. The molecule has 0 fully saturated rings. The maximum Gasteiger partial charge on any atom is 0.0827 e. The molecule has 1 aromatic rings. The summed E-state index contributed by atoms with van der Waals surface area (Å²) in [7, 11) is 0. The minimum absolute atomic E-state index is 0.337. The van der Waals surface area contributed by atoms with Crippen LogP contribution in [0.3, 0.4) is 0 Å². The van der Waals surface area contributed by atoms with Gasteiger partial charge < -0.3 is 5.73 Å². The largest absolute Gasteiger partial charge is 0.328 e. The second kappa shape index (κ2) is 6.56. The van der Waals surface area contributed by atoms with Crippen LogP contribution in [-0.2, 0) is 13.0 Å². The van der Waals surface area contributed by atoms with Crippen LogP contribution in [-0.4, -0.2) is 21.0 Å². The lowest BCUT2D eigenvalue weighted by Crippen LogP contribution is -2.18. The molecular weight excluding hydrogens is 188 g/mol. The maximum atomic E-state index is 5.84. The van der Waals surface area contributed by atoms with Gasteiger partial charge in [-0.25, -0.2) is 0 Å². The number of hydrogen-bond acceptors (Lipinski definition) is 3. The second-order valence-electron chi connectivity index (χ2n) is 4.03. The van der Waals surface area contributed by atoms with Crippen LogP contribution in [0.5, 0.6) is 0 Å². The second-order valence-corrected chi connectivity index (χ2v) is 4.03. The number of aromatic nitrogens is 3. The SMILES string of the molecule is CCCc1cn(CCCC(N)CC)nn1. The summed E-state index contributed by atoms with van der Waals surface area (Å²) in [5, 5.41) is 8.19. The van der Waals surface area contributed by atoms with Crippen LogP contribution in [0.25, 0.3) is 0 Å². The molecule has 86 valence electrons. The van der Waals surface area contributed by atoms with Crippen molar-refractivity contribution in [1.82, 2.24) is 15.0 Å². The van der Waals surface area contributed by atoms with Crippen molar-refractivity contribution in [3.63, 3.8) is 0 Å². The number of rotatable bonds is 7. The first kappa shape index (κ1) is 12.2. The fourth-order valence-electron chi connectivity index (χ4n) is 1.54. The molecule has 1 rings (SSSR count). The van der Waals surface area contributed by atoms with Crippen LogP contribution in [0.1, 0.15) is 45.2 Å². The van der Waals surface area contributed by atoms with Gasteiger partial charge in [-0.15, -0.1) is 5.10 Å². The Hall–Kier alpha value is -0.900. The molecule has 1 heterocycles. The summed E-state index contributed by atoms with van der Waals surface area (Å²) in [6, 6.07) is 0.337. The first-order valence-corrected chi connectivity index (χ1v) is 5.90. The van der Waals surface area contributed by atoms with Gasteiger partial charge in [0.2, 0.25) is 0 Å². The van der Waals surface area contributed by atoms with E-state index < -0.39 is 0 Å². The summed E-state index contributed by atoms with van der Waals surface area (Å²) in [6.45, 7) is 5.21. The van der Waals surface area contributed by atoms with E-state index in [1.54, 1.807) is 0 Å². The zero-order valence-corrected chi connectivity index (χ0v) is 9.82. The van der Waals surface area contributed by atoms with Crippen molar-refractivity contribution in [3.05, 3.63) is 11.9 Å². The molecule has 2 N–H and O–H groups in total. The van der Waals surface area contributed by atoms with Crippen molar-refractivity contribution in [2.45, 2.75) is 58.5 Å². The van der Waals surface area contributed by atoms with Gasteiger partial charge in [0.05, 0.1) is 5.69 Å². The number of aryl methyl sites for hydroxylation is 2. The van der Waals surface area contributed by atoms with Crippen molar-refractivity contribution in [2.24, 2.45) is 5.73 Å². The lowest BCUT2D eigenvalue weighted by Gasteiger charge is -2.07. The van der Waals surface area contributed by atoms with Crippen LogP contribution in [0.2, 0.25) is 0 Å². The molecule has 0 aromatic carbocycles. The highest BCUT2D eigenvalue weighted by molar-refractivity contribution is 4.91. The standard InChI is InChI=1S/C11H22N4/c1-3-6-11-9-15(14-13-11)8-5-7-10(12)4-2/h9-10H,3-8,12H2,1-2H3. The molecule has 1 atom stereocenters. The van der Waals surface area contributed by atoms with Gasteiger partial charge in [-0.05, 0) is 25.7 Å². The van der Waals surface area contributed by atoms with E-state index >= 15 is 0 Å². The molecule has 15 heavy (non-hydrogen) atoms. The molecule has 0 saturated carbocycles. The number of hydrogen-bond donors (Lipinski definition) is 1. The molecular formula is C11H22N4. The first-order valence-electron chi connectivity index (χ1n) is 5.90. The molecule has 0 aliphatic rings. The molecule has 4 nitrogen and oxygen atoms in total. The number of nitrogens with two attached hydrogens (primary N) is 1. The average molecular weight is 210 g/mol.